The summed E-state index contributed by atoms with van der Waals surface area (Å²) in [6, 6.07) is 0. The highest BCUT2D eigenvalue weighted by Crippen LogP contribution is 2.22. The molecule has 1 aromatic rings. The Balaban J connectivity index is 1.88. The normalized spacial score (nSPS) is 16.9. The van der Waals surface area contributed by atoms with Crippen molar-refractivity contribution in [3.05, 3.63) is 40.9 Å². The fourth-order valence-corrected chi connectivity index (χ4v) is 3.01. The van der Waals surface area contributed by atoms with E-state index in [1.54, 1.807) is 13.8 Å². The van der Waals surface area contributed by atoms with Crippen LogP contribution in [0.1, 0.15) is 55.7 Å². The Kier molecular flexibility index (Phi) is 5.63. The van der Waals surface area contributed by atoms with Crippen molar-refractivity contribution < 1.29 is 19.1 Å². The number of carbonyl (C=O) groups excluding carboxylic acids is 3. The summed E-state index contributed by atoms with van der Waals surface area (Å²) in [4.78, 5) is 45.0. The van der Waals surface area contributed by atoms with Crippen LogP contribution in [0.3, 0.4) is 0 Å². The van der Waals surface area contributed by atoms with E-state index < -0.39 is 17.8 Å². The number of hydrazine groups is 1. The third kappa shape index (κ3) is 4.21. The quantitative estimate of drug-likeness (QED) is 0.466. The first kappa shape index (κ1) is 18.8. The zero-order chi connectivity index (χ0) is 19.4. The van der Waals surface area contributed by atoms with Gasteiger partial charge in [-0.25, -0.2) is 14.8 Å². The van der Waals surface area contributed by atoms with E-state index in [9.17, 15) is 14.4 Å². The molecule has 0 saturated carbocycles. The van der Waals surface area contributed by atoms with Crippen molar-refractivity contribution in [1.29, 1.82) is 0 Å². The molecule has 8 heteroatoms. The molecule has 1 aromatic heterocycles. The van der Waals surface area contributed by atoms with E-state index in [2.05, 4.69) is 21.5 Å². The maximum absolute atomic E-state index is 12.2. The van der Waals surface area contributed by atoms with Crippen LogP contribution in [0.25, 0.3) is 0 Å². The summed E-state index contributed by atoms with van der Waals surface area (Å²) in [5.41, 5.74) is 4.30. The van der Waals surface area contributed by atoms with Gasteiger partial charge in [-0.15, -0.1) is 0 Å². The number of hydrogen-bond donors (Lipinski definition) is 1. The van der Waals surface area contributed by atoms with Crippen molar-refractivity contribution in [3.63, 3.8) is 0 Å². The number of nitrogens with zero attached hydrogens (tertiary/aromatic N) is 3. The third-order valence-corrected chi connectivity index (χ3v) is 4.42. The monoisotopic (exact) mass is 370 g/mol. The zero-order valence-corrected chi connectivity index (χ0v) is 15.4. The van der Waals surface area contributed by atoms with Crippen LogP contribution < -0.4 is 5.43 Å². The highest BCUT2D eigenvalue weighted by atomic mass is 16.5. The highest BCUT2D eigenvalue weighted by Gasteiger charge is 2.30. The number of hydrogen-bond acceptors (Lipinski definition) is 7. The second-order valence-electron chi connectivity index (χ2n) is 6.47. The van der Waals surface area contributed by atoms with Crippen molar-refractivity contribution in [2.75, 3.05) is 12.0 Å². The summed E-state index contributed by atoms with van der Waals surface area (Å²) in [6.45, 7) is 3.43. The van der Waals surface area contributed by atoms with E-state index in [4.69, 9.17) is 4.74 Å². The molecular formula is C19H22N4O4. The molecule has 1 aliphatic heterocycles. The van der Waals surface area contributed by atoms with Gasteiger partial charge in [-0.3, -0.25) is 15.0 Å². The topological polar surface area (TPSA) is 101 Å². The molecule has 1 N–H and O–H groups in total. The van der Waals surface area contributed by atoms with Gasteiger partial charge in [0.2, 0.25) is 0 Å². The van der Waals surface area contributed by atoms with Crippen LogP contribution >= 0.6 is 0 Å². The summed E-state index contributed by atoms with van der Waals surface area (Å²) in [5, 5.41) is 0.837. The first-order valence-corrected chi connectivity index (χ1v) is 9.04. The molecule has 142 valence electrons. The molecule has 0 fully saturated rings. The van der Waals surface area contributed by atoms with E-state index in [0.29, 0.717) is 17.8 Å². The van der Waals surface area contributed by atoms with Gasteiger partial charge in [0.1, 0.15) is 11.4 Å². The Bertz CT molecular complexity index is 844. The van der Waals surface area contributed by atoms with Crippen LogP contribution in [0, 0.1) is 0 Å². The summed E-state index contributed by atoms with van der Waals surface area (Å²) < 4.78 is 5.03. The molecule has 0 spiro atoms. The van der Waals surface area contributed by atoms with E-state index in [0.717, 1.165) is 24.3 Å². The summed E-state index contributed by atoms with van der Waals surface area (Å²) in [6.07, 6.45) is 9.73. The second-order valence-corrected chi connectivity index (χ2v) is 6.47. The Labute approximate surface area is 157 Å². The molecule has 1 aliphatic carbocycles. The number of esters is 1. The minimum absolute atomic E-state index is 0.0726. The van der Waals surface area contributed by atoms with E-state index >= 15 is 0 Å². The van der Waals surface area contributed by atoms with Crippen LogP contribution in [0.4, 0.5) is 5.82 Å². The predicted molar refractivity (Wildman–Crippen MR) is 97.5 cm³/mol. The van der Waals surface area contributed by atoms with E-state index in [-0.39, 0.29) is 18.0 Å². The average molecular weight is 370 g/mol. The average Bonchev–Trinajstić information content (AvgIpc) is 2.89. The van der Waals surface area contributed by atoms with Crippen LogP contribution in [0.15, 0.2) is 29.5 Å². The van der Waals surface area contributed by atoms with Gasteiger partial charge >= 0.3 is 5.97 Å². The number of nitrogens with one attached hydrogen (secondary N) is 1. The van der Waals surface area contributed by atoms with Gasteiger partial charge in [0.25, 0.3) is 11.8 Å². The molecule has 2 amide bonds. The zero-order valence-electron chi connectivity index (χ0n) is 15.4. The molecule has 0 saturated heterocycles. The van der Waals surface area contributed by atoms with Gasteiger partial charge in [0.15, 0.2) is 5.82 Å². The van der Waals surface area contributed by atoms with Gasteiger partial charge < -0.3 is 4.74 Å². The first-order chi connectivity index (χ1) is 13.0. The molecule has 0 aromatic carbocycles. The number of aromatic nitrogens is 2. The second kappa shape index (κ2) is 8.11. The molecule has 8 nitrogen and oxygen atoms in total. The minimum atomic E-state index is -0.618. The third-order valence-electron chi connectivity index (χ3n) is 4.42. The molecule has 0 atom stereocenters. The fraction of sp³-hybridized carbons (Fsp3) is 0.421. The molecule has 27 heavy (non-hydrogen) atoms. The van der Waals surface area contributed by atoms with E-state index in [1.807, 2.05) is 0 Å². The van der Waals surface area contributed by atoms with Gasteiger partial charge in [0, 0.05) is 24.3 Å². The Morgan fingerprint density at radius 3 is 2.78 bits per heavy atom. The van der Waals surface area contributed by atoms with Crippen molar-refractivity contribution in [3.8, 4) is 0 Å². The maximum atomic E-state index is 12.2. The fourth-order valence-electron chi connectivity index (χ4n) is 3.01. The standard InChI is InChI=1S/C19H22N4O4/c1-3-27-19(26)14-11-20-15(10-13-7-5-4-6-8-13)21-17(14)22-23-16(24)9-12(2)18(23)25/h7,9,11H,3-6,8,10H2,1-2H3,(H,20,21,22). The van der Waals surface area contributed by atoms with Crippen molar-refractivity contribution in [1.82, 2.24) is 15.0 Å². The smallest absolute Gasteiger partial charge is 0.343 e. The van der Waals surface area contributed by atoms with Gasteiger partial charge in [-0.05, 0) is 39.5 Å². The SMILES string of the molecule is CCOC(=O)c1cnc(CC2=CCCCC2)nc1NN1C(=O)C=C(C)C1=O. The molecule has 2 heterocycles. The molecule has 2 aliphatic rings. The lowest BCUT2D eigenvalue weighted by Crippen LogP contribution is -2.37. The van der Waals surface area contributed by atoms with Crippen LogP contribution in [0.2, 0.25) is 0 Å². The van der Waals surface area contributed by atoms with Crippen LogP contribution in [-0.4, -0.2) is 39.4 Å². The largest absolute Gasteiger partial charge is 0.462 e. The summed E-state index contributed by atoms with van der Waals surface area (Å²) in [7, 11) is 0. The number of amides is 2. The van der Waals surface area contributed by atoms with Gasteiger partial charge in [0.05, 0.1) is 6.61 Å². The summed E-state index contributed by atoms with van der Waals surface area (Å²) in [5.74, 6) is -1.01. The highest BCUT2D eigenvalue weighted by molar-refractivity contribution is 6.16. The lowest BCUT2D eigenvalue weighted by atomic mass is 9.97. The lowest BCUT2D eigenvalue weighted by molar-refractivity contribution is -0.135. The van der Waals surface area contributed by atoms with Crippen LogP contribution in [0.5, 0.6) is 0 Å². The Hall–Kier alpha value is -3.03. The predicted octanol–water partition coefficient (Wildman–Crippen LogP) is 2.34. The van der Waals surface area contributed by atoms with Crippen LogP contribution in [-0.2, 0) is 20.7 Å². The summed E-state index contributed by atoms with van der Waals surface area (Å²) >= 11 is 0. The number of carbonyl (C=O) groups is 3. The molecule has 0 radical (unpaired) electrons. The number of allylic oxidation sites excluding steroid dienone is 2. The minimum Gasteiger partial charge on any atom is -0.462 e. The Morgan fingerprint density at radius 1 is 1.33 bits per heavy atom. The number of ether oxygens (including phenoxy) is 1. The van der Waals surface area contributed by atoms with Gasteiger partial charge in [-0.2, -0.15) is 5.01 Å². The molecule has 0 bridgehead atoms. The molecule has 0 unspecified atom stereocenters. The molecular weight excluding hydrogens is 348 g/mol. The van der Waals surface area contributed by atoms with Gasteiger partial charge in [-0.1, -0.05) is 11.6 Å². The van der Waals surface area contributed by atoms with Crippen molar-refractivity contribution in [2.24, 2.45) is 0 Å². The maximum Gasteiger partial charge on any atom is 0.343 e. The molecule has 3 rings (SSSR count). The van der Waals surface area contributed by atoms with Crippen molar-refractivity contribution in [2.45, 2.75) is 46.0 Å². The first-order valence-electron chi connectivity index (χ1n) is 9.04. The number of imide groups is 1. The Morgan fingerprint density at radius 2 is 2.15 bits per heavy atom. The van der Waals surface area contributed by atoms with E-state index in [1.165, 1.54) is 24.3 Å². The lowest BCUT2D eigenvalue weighted by Gasteiger charge is -2.19. The number of anilines is 1. The van der Waals surface area contributed by atoms with Crippen molar-refractivity contribution >= 4 is 23.6 Å². The number of rotatable bonds is 6.